The van der Waals surface area contributed by atoms with E-state index in [0.29, 0.717) is 18.1 Å². The van der Waals surface area contributed by atoms with Crippen molar-refractivity contribution < 1.29 is 17.5 Å². The lowest BCUT2D eigenvalue weighted by atomic mass is 9.94. The van der Waals surface area contributed by atoms with Crippen molar-refractivity contribution >= 4 is 22.9 Å². The van der Waals surface area contributed by atoms with Crippen LogP contribution in [0.1, 0.15) is 22.7 Å². The first-order valence-electron chi connectivity index (χ1n) is 9.46. The van der Waals surface area contributed by atoms with Crippen molar-refractivity contribution in [2.24, 2.45) is 0 Å². The second-order valence-corrected chi connectivity index (χ2v) is 8.64. The van der Waals surface area contributed by atoms with E-state index < -0.39 is 22.9 Å². The van der Waals surface area contributed by atoms with E-state index >= 15 is 0 Å². The van der Waals surface area contributed by atoms with E-state index in [9.17, 15) is 17.5 Å². The number of aromatic nitrogens is 2. The molecule has 1 saturated heterocycles. The molecule has 2 atom stereocenters. The van der Waals surface area contributed by atoms with Crippen LogP contribution in [0.4, 0.5) is 8.78 Å². The fourth-order valence-electron chi connectivity index (χ4n) is 3.78. The predicted molar refractivity (Wildman–Crippen MR) is 112 cm³/mol. The standard InChI is InChI=1S/C21H19ClF2N4O2S/c22-17-3-1-15(2-4-17)21(16-8-25-13-26-9-16)27-11-20(12-27)28(31(29)30)10-14-5-18(23)7-19(24)6-14/h1-9,13,20-21H,10-12H2,(H,29,30)/p-1/t21-/m1/s1. The lowest BCUT2D eigenvalue weighted by molar-refractivity contribution is 0.0491. The molecule has 1 aliphatic rings. The van der Waals surface area contributed by atoms with Crippen LogP contribution in [0.25, 0.3) is 0 Å². The van der Waals surface area contributed by atoms with Crippen molar-refractivity contribution in [3.8, 4) is 0 Å². The monoisotopic (exact) mass is 463 g/mol. The second-order valence-electron chi connectivity index (χ2n) is 7.30. The molecule has 3 aromatic rings. The zero-order chi connectivity index (χ0) is 22.0. The first kappa shape index (κ1) is 21.9. The maximum atomic E-state index is 13.5. The molecule has 0 saturated carbocycles. The van der Waals surface area contributed by atoms with Crippen molar-refractivity contribution in [2.45, 2.75) is 18.6 Å². The molecule has 1 aromatic heterocycles. The van der Waals surface area contributed by atoms with Crippen LogP contribution in [0.3, 0.4) is 0 Å². The molecule has 0 amide bonds. The minimum absolute atomic E-state index is 0.108. The fourth-order valence-corrected chi connectivity index (χ4v) is 4.53. The largest absolute Gasteiger partial charge is 0.760 e. The Morgan fingerprint density at radius 3 is 2.29 bits per heavy atom. The van der Waals surface area contributed by atoms with Gasteiger partial charge in [-0.3, -0.25) is 9.11 Å². The number of hydrogen-bond acceptors (Lipinski definition) is 5. The molecule has 1 fully saturated rings. The van der Waals surface area contributed by atoms with Crippen LogP contribution in [0, 0.1) is 11.6 Å². The molecule has 2 heterocycles. The van der Waals surface area contributed by atoms with E-state index in [-0.39, 0.29) is 24.2 Å². The number of halogens is 3. The van der Waals surface area contributed by atoms with E-state index in [1.807, 2.05) is 12.1 Å². The molecular formula is C21H18ClF2N4O2S-. The van der Waals surface area contributed by atoms with E-state index in [1.165, 1.54) is 10.6 Å². The van der Waals surface area contributed by atoms with E-state index in [1.54, 1.807) is 24.5 Å². The molecule has 162 valence electrons. The molecule has 1 aliphatic heterocycles. The average Bonchev–Trinajstić information content (AvgIpc) is 2.70. The Morgan fingerprint density at radius 2 is 1.71 bits per heavy atom. The highest BCUT2D eigenvalue weighted by molar-refractivity contribution is 7.76. The molecule has 0 spiro atoms. The van der Waals surface area contributed by atoms with Gasteiger partial charge >= 0.3 is 0 Å². The highest BCUT2D eigenvalue weighted by Gasteiger charge is 2.38. The summed E-state index contributed by atoms with van der Waals surface area (Å²) >= 11 is 3.48. The number of nitrogens with zero attached hydrogens (tertiary/aromatic N) is 4. The summed E-state index contributed by atoms with van der Waals surface area (Å²) in [5.41, 5.74) is 2.09. The molecule has 2 aromatic carbocycles. The Bertz CT molecular complexity index is 1050. The number of likely N-dealkylation sites (tertiary alicyclic amines) is 1. The minimum atomic E-state index is -2.55. The molecule has 1 unspecified atom stereocenters. The van der Waals surface area contributed by atoms with Gasteiger partial charge in [0.2, 0.25) is 0 Å². The molecule has 4 rings (SSSR count). The topological polar surface area (TPSA) is 72.4 Å². The Labute approximate surface area is 185 Å². The van der Waals surface area contributed by atoms with Gasteiger partial charge in [-0.1, -0.05) is 23.7 Å². The van der Waals surface area contributed by atoms with Gasteiger partial charge in [-0.05, 0) is 35.4 Å². The average molecular weight is 464 g/mol. The molecule has 10 heteroatoms. The number of hydrogen-bond donors (Lipinski definition) is 0. The van der Waals surface area contributed by atoms with Gasteiger partial charge in [0.25, 0.3) is 0 Å². The second kappa shape index (κ2) is 9.46. The van der Waals surface area contributed by atoms with Gasteiger partial charge in [-0.25, -0.2) is 23.1 Å². The van der Waals surface area contributed by atoms with Crippen molar-refractivity contribution in [3.05, 3.63) is 94.5 Å². The molecule has 31 heavy (non-hydrogen) atoms. The lowest BCUT2D eigenvalue weighted by Crippen LogP contribution is -2.60. The SMILES string of the molecule is O=S([O-])N(Cc1cc(F)cc(F)c1)C1CN([C@H](c2ccc(Cl)cc2)c2cncnc2)C1. The van der Waals surface area contributed by atoms with Crippen molar-refractivity contribution in [1.82, 2.24) is 19.2 Å². The number of benzene rings is 2. The van der Waals surface area contributed by atoms with Crippen molar-refractivity contribution in [2.75, 3.05) is 13.1 Å². The molecule has 0 aliphatic carbocycles. The third kappa shape index (κ3) is 5.13. The third-order valence-corrected chi connectivity index (χ3v) is 6.26. The fraction of sp³-hybridized carbons (Fsp3) is 0.238. The zero-order valence-corrected chi connectivity index (χ0v) is 17.8. The van der Waals surface area contributed by atoms with E-state index in [4.69, 9.17) is 11.6 Å². The quantitative estimate of drug-likeness (QED) is 0.502. The molecule has 6 nitrogen and oxygen atoms in total. The van der Waals surface area contributed by atoms with Gasteiger partial charge in [0.05, 0.1) is 6.04 Å². The highest BCUT2D eigenvalue weighted by atomic mass is 35.5. The summed E-state index contributed by atoms with van der Waals surface area (Å²) in [6.07, 6.45) is 4.89. The van der Waals surface area contributed by atoms with Crippen LogP contribution >= 0.6 is 11.6 Å². The smallest absolute Gasteiger partial charge is 0.126 e. The Balaban J connectivity index is 1.53. The Morgan fingerprint density at radius 1 is 1.10 bits per heavy atom. The predicted octanol–water partition coefficient (Wildman–Crippen LogP) is 3.48. The van der Waals surface area contributed by atoms with E-state index in [2.05, 4.69) is 14.9 Å². The van der Waals surface area contributed by atoms with Gasteiger partial charge < -0.3 is 4.55 Å². The van der Waals surface area contributed by atoms with Crippen LogP contribution in [0.15, 0.2) is 61.2 Å². The van der Waals surface area contributed by atoms with Crippen LogP contribution < -0.4 is 0 Å². The van der Waals surface area contributed by atoms with Crippen molar-refractivity contribution in [1.29, 1.82) is 0 Å². The lowest BCUT2D eigenvalue weighted by Gasteiger charge is -2.49. The van der Waals surface area contributed by atoms with Crippen LogP contribution in [0.5, 0.6) is 0 Å². The molecule has 0 radical (unpaired) electrons. The Kier molecular flexibility index (Phi) is 6.68. The first-order valence-corrected chi connectivity index (χ1v) is 10.9. The maximum absolute atomic E-state index is 13.5. The number of rotatable bonds is 7. The van der Waals surface area contributed by atoms with Gasteiger partial charge in [-0.2, -0.15) is 0 Å². The minimum Gasteiger partial charge on any atom is -0.760 e. The molecule has 0 N–H and O–H groups in total. The summed E-state index contributed by atoms with van der Waals surface area (Å²) < 4.78 is 51.9. The summed E-state index contributed by atoms with van der Waals surface area (Å²) in [6.45, 7) is 0.769. The van der Waals surface area contributed by atoms with Gasteiger partial charge in [0.15, 0.2) is 0 Å². The highest BCUT2D eigenvalue weighted by Crippen LogP contribution is 2.34. The van der Waals surface area contributed by atoms with Gasteiger partial charge in [-0.15, -0.1) is 0 Å². The van der Waals surface area contributed by atoms with Crippen LogP contribution in [-0.4, -0.2) is 47.1 Å². The zero-order valence-electron chi connectivity index (χ0n) is 16.2. The first-order chi connectivity index (χ1) is 14.9. The van der Waals surface area contributed by atoms with Crippen LogP contribution in [0.2, 0.25) is 5.02 Å². The normalized spacial score (nSPS) is 16.8. The van der Waals surface area contributed by atoms with Crippen molar-refractivity contribution in [3.63, 3.8) is 0 Å². The summed E-state index contributed by atoms with van der Waals surface area (Å²) in [7, 11) is 0. The Hall–Kier alpha value is -2.30. The van der Waals surface area contributed by atoms with E-state index in [0.717, 1.165) is 29.3 Å². The molecule has 0 bridgehead atoms. The van der Waals surface area contributed by atoms with Gasteiger partial charge in [0.1, 0.15) is 18.0 Å². The molecular weight excluding hydrogens is 446 g/mol. The summed E-state index contributed by atoms with van der Waals surface area (Å²) in [5, 5.41) is 0.614. The summed E-state index contributed by atoms with van der Waals surface area (Å²) in [6, 6.07) is 9.93. The maximum Gasteiger partial charge on any atom is 0.126 e. The van der Waals surface area contributed by atoms with Crippen LogP contribution in [-0.2, 0) is 17.8 Å². The summed E-state index contributed by atoms with van der Waals surface area (Å²) in [4.78, 5) is 10.3. The third-order valence-electron chi connectivity index (χ3n) is 5.20. The van der Waals surface area contributed by atoms with Gasteiger partial charge in [0, 0.05) is 66.0 Å². The summed E-state index contributed by atoms with van der Waals surface area (Å²) in [5.74, 6) is -1.48.